The normalized spacial score (nSPS) is 12.8. The minimum absolute atomic E-state index is 0.0161. The number of carbonyl (C=O) groups excluding carboxylic acids is 1. The third-order valence-electron chi connectivity index (χ3n) is 1.62. The van der Waals surface area contributed by atoms with E-state index in [0.29, 0.717) is 0 Å². The SMILES string of the molecule is CCc1nsc(SC(C)C(C)=O)n1. The lowest BCUT2D eigenvalue weighted by Crippen LogP contribution is -2.07. The van der Waals surface area contributed by atoms with Gasteiger partial charge in [0.2, 0.25) is 0 Å². The average Bonchev–Trinajstić information content (AvgIpc) is 2.52. The first-order chi connectivity index (χ1) is 6.13. The highest BCUT2D eigenvalue weighted by Crippen LogP contribution is 2.25. The van der Waals surface area contributed by atoms with E-state index < -0.39 is 0 Å². The molecule has 0 aliphatic rings. The monoisotopic (exact) mass is 216 g/mol. The van der Waals surface area contributed by atoms with Crippen molar-refractivity contribution in [3.8, 4) is 0 Å². The topological polar surface area (TPSA) is 42.9 Å². The summed E-state index contributed by atoms with van der Waals surface area (Å²) in [5.41, 5.74) is 0. The summed E-state index contributed by atoms with van der Waals surface area (Å²) >= 11 is 2.85. The molecule has 0 radical (unpaired) electrons. The van der Waals surface area contributed by atoms with Gasteiger partial charge in [0.05, 0.1) is 5.25 Å². The smallest absolute Gasteiger partial charge is 0.170 e. The molecule has 3 nitrogen and oxygen atoms in total. The number of aromatic nitrogens is 2. The van der Waals surface area contributed by atoms with Crippen molar-refractivity contribution in [2.45, 2.75) is 36.8 Å². The van der Waals surface area contributed by atoms with Crippen LogP contribution in [0.5, 0.6) is 0 Å². The maximum Gasteiger partial charge on any atom is 0.170 e. The van der Waals surface area contributed by atoms with Crippen LogP contribution >= 0.6 is 23.3 Å². The van der Waals surface area contributed by atoms with Gasteiger partial charge >= 0.3 is 0 Å². The van der Waals surface area contributed by atoms with Gasteiger partial charge in [0, 0.05) is 6.42 Å². The van der Waals surface area contributed by atoms with Gasteiger partial charge in [-0.05, 0) is 25.4 Å². The maximum atomic E-state index is 11.0. The zero-order valence-electron chi connectivity index (χ0n) is 7.90. The van der Waals surface area contributed by atoms with E-state index in [-0.39, 0.29) is 11.0 Å². The van der Waals surface area contributed by atoms with Gasteiger partial charge < -0.3 is 0 Å². The van der Waals surface area contributed by atoms with E-state index in [9.17, 15) is 4.79 Å². The Bertz CT molecular complexity index is 298. The number of aryl methyl sites for hydroxylation is 1. The number of hydrogen-bond acceptors (Lipinski definition) is 5. The molecule has 0 spiro atoms. The largest absolute Gasteiger partial charge is 0.299 e. The van der Waals surface area contributed by atoms with Crippen LogP contribution < -0.4 is 0 Å². The molecule has 0 saturated heterocycles. The van der Waals surface area contributed by atoms with Crippen LogP contribution in [0.4, 0.5) is 0 Å². The Morgan fingerprint density at radius 2 is 2.38 bits per heavy atom. The molecular formula is C8H12N2OS2. The van der Waals surface area contributed by atoms with Crippen LogP contribution in [0.2, 0.25) is 0 Å². The molecule has 5 heteroatoms. The van der Waals surface area contributed by atoms with E-state index in [1.54, 1.807) is 6.92 Å². The maximum absolute atomic E-state index is 11.0. The van der Waals surface area contributed by atoms with Crippen LogP contribution in [0.3, 0.4) is 0 Å². The molecule has 0 bridgehead atoms. The fraction of sp³-hybridized carbons (Fsp3) is 0.625. The minimum Gasteiger partial charge on any atom is -0.299 e. The number of thioether (sulfide) groups is 1. The average molecular weight is 216 g/mol. The fourth-order valence-electron chi connectivity index (χ4n) is 0.664. The van der Waals surface area contributed by atoms with Gasteiger partial charge in [0.15, 0.2) is 4.34 Å². The van der Waals surface area contributed by atoms with Crippen molar-refractivity contribution in [3.05, 3.63) is 5.82 Å². The van der Waals surface area contributed by atoms with Crippen LogP contribution in [0.25, 0.3) is 0 Å². The van der Waals surface area contributed by atoms with Gasteiger partial charge in [-0.25, -0.2) is 4.98 Å². The van der Waals surface area contributed by atoms with Gasteiger partial charge in [0.1, 0.15) is 11.6 Å². The molecule has 1 atom stereocenters. The lowest BCUT2D eigenvalue weighted by Gasteiger charge is -2.01. The number of hydrogen-bond donors (Lipinski definition) is 0. The zero-order valence-corrected chi connectivity index (χ0v) is 9.54. The predicted molar refractivity (Wildman–Crippen MR) is 55.3 cm³/mol. The quantitative estimate of drug-likeness (QED) is 0.723. The Labute approximate surface area is 86.1 Å². The van der Waals surface area contributed by atoms with E-state index in [2.05, 4.69) is 9.36 Å². The summed E-state index contributed by atoms with van der Waals surface area (Å²) < 4.78 is 5.03. The number of nitrogens with zero attached hydrogens (tertiary/aromatic N) is 2. The molecular weight excluding hydrogens is 204 g/mol. The highest BCUT2D eigenvalue weighted by Gasteiger charge is 2.12. The van der Waals surface area contributed by atoms with Crippen LogP contribution in [0, 0.1) is 0 Å². The van der Waals surface area contributed by atoms with Crippen LogP contribution in [-0.4, -0.2) is 20.4 Å². The first kappa shape index (κ1) is 10.7. The van der Waals surface area contributed by atoms with Gasteiger partial charge in [-0.15, -0.1) is 0 Å². The van der Waals surface area contributed by atoms with Gasteiger partial charge in [0.25, 0.3) is 0 Å². The molecule has 72 valence electrons. The highest BCUT2D eigenvalue weighted by atomic mass is 32.2. The van der Waals surface area contributed by atoms with Crippen molar-refractivity contribution in [1.29, 1.82) is 0 Å². The summed E-state index contributed by atoms with van der Waals surface area (Å²) in [6.07, 6.45) is 0.853. The Hall–Kier alpha value is -0.420. The van der Waals surface area contributed by atoms with Gasteiger partial charge in [-0.2, -0.15) is 4.37 Å². The van der Waals surface area contributed by atoms with Crippen molar-refractivity contribution >= 4 is 29.1 Å². The fourth-order valence-corrected chi connectivity index (χ4v) is 2.51. The molecule has 0 saturated carbocycles. The summed E-state index contributed by atoms with van der Waals surface area (Å²) in [6.45, 7) is 5.50. The second kappa shape index (κ2) is 4.72. The molecule has 13 heavy (non-hydrogen) atoms. The van der Waals surface area contributed by atoms with Gasteiger partial charge in [-0.3, -0.25) is 4.79 Å². The standard InChI is InChI=1S/C8H12N2OS2/c1-4-7-9-8(13-10-7)12-6(3)5(2)11/h6H,4H2,1-3H3. The molecule has 0 aliphatic heterocycles. The number of Topliss-reactive ketones (excluding diaryl/α,β-unsaturated/α-hetero) is 1. The van der Waals surface area contributed by atoms with Crippen LogP contribution in [0.1, 0.15) is 26.6 Å². The number of ketones is 1. The van der Waals surface area contributed by atoms with E-state index in [1.807, 2.05) is 13.8 Å². The lowest BCUT2D eigenvalue weighted by molar-refractivity contribution is -0.116. The number of carbonyl (C=O) groups is 1. The van der Waals surface area contributed by atoms with E-state index >= 15 is 0 Å². The Balaban J connectivity index is 2.58. The summed E-state index contributed by atoms with van der Waals surface area (Å²) in [7, 11) is 0. The van der Waals surface area contributed by atoms with Crippen LogP contribution in [-0.2, 0) is 11.2 Å². The zero-order chi connectivity index (χ0) is 9.84. The molecule has 0 fully saturated rings. The lowest BCUT2D eigenvalue weighted by atomic mass is 10.3. The van der Waals surface area contributed by atoms with Crippen molar-refractivity contribution in [2.24, 2.45) is 0 Å². The second-order valence-electron chi connectivity index (χ2n) is 2.70. The molecule has 0 amide bonds. The summed E-state index contributed by atoms with van der Waals surface area (Å²) in [5.74, 6) is 1.04. The molecule has 0 N–H and O–H groups in total. The Morgan fingerprint density at radius 3 is 2.85 bits per heavy atom. The second-order valence-corrected chi connectivity index (χ2v) is 5.04. The molecule has 1 rings (SSSR count). The van der Waals surface area contributed by atoms with Crippen molar-refractivity contribution in [2.75, 3.05) is 0 Å². The molecule has 1 aromatic rings. The van der Waals surface area contributed by atoms with Crippen molar-refractivity contribution in [1.82, 2.24) is 9.36 Å². The third kappa shape index (κ3) is 3.08. The minimum atomic E-state index is -0.0161. The highest BCUT2D eigenvalue weighted by molar-refractivity contribution is 8.02. The first-order valence-electron chi connectivity index (χ1n) is 4.13. The Morgan fingerprint density at radius 1 is 1.69 bits per heavy atom. The van der Waals surface area contributed by atoms with Gasteiger partial charge in [-0.1, -0.05) is 18.7 Å². The Kier molecular flexibility index (Phi) is 3.87. The van der Waals surface area contributed by atoms with E-state index in [4.69, 9.17) is 0 Å². The molecule has 1 unspecified atom stereocenters. The molecule has 1 aromatic heterocycles. The van der Waals surface area contributed by atoms with Crippen molar-refractivity contribution < 1.29 is 4.79 Å². The van der Waals surface area contributed by atoms with Crippen LogP contribution in [0.15, 0.2) is 4.34 Å². The molecule has 0 aliphatic carbocycles. The third-order valence-corrected chi connectivity index (χ3v) is 3.66. The first-order valence-corrected chi connectivity index (χ1v) is 5.78. The summed E-state index contributed by atoms with van der Waals surface area (Å²) in [5, 5.41) is -0.0161. The van der Waals surface area contributed by atoms with Crippen molar-refractivity contribution in [3.63, 3.8) is 0 Å². The summed E-state index contributed by atoms with van der Waals surface area (Å²) in [6, 6.07) is 0. The molecule has 0 aromatic carbocycles. The predicted octanol–water partition coefficient (Wildman–Crippen LogP) is 2.17. The molecule has 1 heterocycles. The van der Waals surface area contributed by atoms with E-state index in [0.717, 1.165) is 16.6 Å². The van der Waals surface area contributed by atoms with E-state index in [1.165, 1.54) is 23.3 Å². The number of rotatable bonds is 4. The summed E-state index contributed by atoms with van der Waals surface area (Å²) in [4.78, 5) is 15.2.